The van der Waals surface area contributed by atoms with E-state index in [9.17, 15) is 4.79 Å². The van der Waals surface area contributed by atoms with E-state index in [1.54, 1.807) is 0 Å². The smallest absolute Gasteiger partial charge is 0.166 e. The Morgan fingerprint density at radius 2 is 1.74 bits per heavy atom. The minimum absolute atomic E-state index is 0. The van der Waals surface area contributed by atoms with Gasteiger partial charge >= 0.3 is 0 Å². The quantitative estimate of drug-likeness (QED) is 0.765. The Hall–Kier alpha value is -1.15. The summed E-state index contributed by atoms with van der Waals surface area (Å²) in [5.74, 6) is 0.381. The minimum Gasteiger partial charge on any atom is -0.303 e. The van der Waals surface area contributed by atoms with E-state index in [4.69, 9.17) is 0 Å². The SMILES string of the molecule is C.Cc1ccc(C(=O)C(C)CN2CCCCC2)cc1. The Morgan fingerprint density at radius 3 is 2.32 bits per heavy atom. The fourth-order valence-corrected chi connectivity index (χ4v) is 2.61. The average Bonchev–Trinajstić information content (AvgIpc) is 2.40. The predicted octanol–water partition coefficient (Wildman–Crippen LogP) is 3.94. The zero-order chi connectivity index (χ0) is 13.0. The molecule has 1 saturated heterocycles. The van der Waals surface area contributed by atoms with Crippen LogP contribution in [0.25, 0.3) is 0 Å². The molecule has 2 heteroatoms. The van der Waals surface area contributed by atoms with Crippen LogP contribution in [-0.2, 0) is 0 Å². The zero-order valence-electron chi connectivity index (χ0n) is 11.5. The number of carbonyl (C=O) groups excluding carboxylic acids is 1. The molecule has 1 unspecified atom stereocenters. The first-order valence-corrected chi connectivity index (χ1v) is 7.00. The van der Waals surface area contributed by atoms with Gasteiger partial charge in [0.2, 0.25) is 0 Å². The van der Waals surface area contributed by atoms with Crippen molar-refractivity contribution in [3.05, 3.63) is 35.4 Å². The van der Waals surface area contributed by atoms with Crippen molar-refractivity contribution in [2.45, 2.75) is 40.5 Å². The summed E-state index contributed by atoms with van der Waals surface area (Å²) in [6, 6.07) is 7.93. The number of piperidine rings is 1. The van der Waals surface area contributed by atoms with Crippen molar-refractivity contribution in [3.63, 3.8) is 0 Å². The highest BCUT2D eigenvalue weighted by Crippen LogP contribution is 2.15. The van der Waals surface area contributed by atoms with Crippen LogP contribution in [0.3, 0.4) is 0 Å². The van der Waals surface area contributed by atoms with E-state index < -0.39 is 0 Å². The summed E-state index contributed by atoms with van der Waals surface area (Å²) >= 11 is 0. The van der Waals surface area contributed by atoms with Crippen molar-refractivity contribution in [1.29, 1.82) is 0 Å². The first-order valence-electron chi connectivity index (χ1n) is 7.00. The molecule has 0 radical (unpaired) electrons. The second-order valence-electron chi connectivity index (χ2n) is 5.49. The van der Waals surface area contributed by atoms with Crippen molar-refractivity contribution < 1.29 is 4.79 Å². The highest BCUT2D eigenvalue weighted by molar-refractivity contribution is 5.97. The van der Waals surface area contributed by atoms with Gasteiger partial charge in [0.1, 0.15) is 0 Å². The molecular weight excluding hydrogens is 234 g/mol. The van der Waals surface area contributed by atoms with Gasteiger partial charge in [0.15, 0.2) is 5.78 Å². The topological polar surface area (TPSA) is 20.3 Å². The maximum atomic E-state index is 12.3. The zero-order valence-corrected chi connectivity index (χ0v) is 11.5. The van der Waals surface area contributed by atoms with Crippen LogP contribution in [-0.4, -0.2) is 30.3 Å². The predicted molar refractivity (Wildman–Crippen MR) is 81.7 cm³/mol. The van der Waals surface area contributed by atoms with Gasteiger partial charge in [0.05, 0.1) is 0 Å². The Labute approximate surface area is 117 Å². The third-order valence-electron chi connectivity index (χ3n) is 3.76. The van der Waals surface area contributed by atoms with Crippen LogP contribution in [0.1, 0.15) is 49.5 Å². The maximum Gasteiger partial charge on any atom is 0.166 e. The molecule has 106 valence electrons. The van der Waals surface area contributed by atoms with E-state index >= 15 is 0 Å². The van der Waals surface area contributed by atoms with Gasteiger partial charge in [-0.15, -0.1) is 0 Å². The molecule has 0 N–H and O–H groups in total. The molecule has 19 heavy (non-hydrogen) atoms. The summed E-state index contributed by atoms with van der Waals surface area (Å²) in [6.07, 6.45) is 3.91. The van der Waals surface area contributed by atoms with Gasteiger partial charge in [-0.2, -0.15) is 0 Å². The third kappa shape index (κ3) is 4.46. The lowest BCUT2D eigenvalue weighted by Crippen LogP contribution is -2.35. The summed E-state index contributed by atoms with van der Waals surface area (Å²) < 4.78 is 0. The van der Waals surface area contributed by atoms with Crippen LogP contribution in [0.5, 0.6) is 0 Å². The molecule has 1 aromatic carbocycles. The van der Waals surface area contributed by atoms with Crippen LogP contribution in [0.15, 0.2) is 24.3 Å². The first kappa shape index (κ1) is 15.9. The second kappa shape index (κ2) is 7.44. The number of nitrogens with zero attached hydrogens (tertiary/aromatic N) is 1. The maximum absolute atomic E-state index is 12.3. The number of hydrogen-bond donors (Lipinski definition) is 0. The Kier molecular flexibility index (Phi) is 6.23. The van der Waals surface area contributed by atoms with Crippen molar-refractivity contribution in [3.8, 4) is 0 Å². The molecule has 2 rings (SSSR count). The third-order valence-corrected chi connectivity index (χ3v) is 3.76. The number of aryl methyl sites for hydroxylation is 1. The van der Waals surface area contributed by atoms with E-state index in [1.807, 2.05) is 31.2 Å². The first-order chi connectivity index (χ1) is 8.66. The molecule has 0 spiro atoms. The van der Waals surface area contributed by atoms with Crippen molar-refractivity contribution >= 4 is 5.78 Å². The molecule has 0 bridgehead atoms. The summed E-state index contributed by atoms with van der Waals surface area (Å²) in [7, 11) is 0. The number of ketones is 1. The molecule has 1 aliphatic rings. The van der Waals surface area contributed by atoms with E-state index in [0.29, 0.717) is 0 Å². The number of likely N-dealkylation sites (tertiary alicyclic amines) is 1. The lowest BCUT2D eigenvalue weighted by molar-refractivity contribution is 0.0883. The average molecular weight is 261 g/mol. The second-order valence-corrected chi connectivity index (χ2v) is 5.49. The van der Waals surface area contributed by atoms with E-state index in [-0.39, 0.29) is 19.1 Å². The van der Waals surface area contributed by atoms with Gasteiger partial charge in [0, 0.05) is 18.0 Å². The van der Waals surface area contributed by atoms with E-state index in [1.165, 1.54) is 24.8 Å². The van der Waals surface area contributed by atoms with Crippen LogP contribution in [0.4, 0.5) is 0 Å². The van der Waals surface area contributed by atoms with Crippen LogP contribution in [0, 0.1) is 12.8 Å². The molecular formula is C17H27NO. The number of rotatable bonds is 4. The van der Waals surface area contributed by atoms with Crippen molar-refractivity contribution in [1.82, 2.24) is 4.90 Å². The fourth-order valence-electron chi connectivity index (χ4n) is 2.61. The molecule has 1 atom stereocenters. The minimum atomic E-state index is 0. The molecule has 2 nitrogen and oxygen atoms in total. The standard InChI is InChI=1S/C16H23NO.CH4/c1-13-6-8-15(9-7-13)16(18)14(2)12-17-10-4-3-5-11-17;/h6-9,14H,3-5,10-12H2,1-2H3;1H4. The van der Waals surface area contributed by atoms with Crippen molar-refractivity contribution in [2.75, 3.05) is 19.6 Å². The van der Waals surface area contributed by atoms with Crippen LogP contribution >= 0.6 is 0 Å². The van der Waals surface area contributed by atoms with Gasteiger partial charge < -0.3 is 4.90 Å². The van der Waals surface area contributed by atoms with E-state index in [0.717, 1.165) is 25.2 Å². The van der Waals surface area contributed by atoms with E-state index in [2.05, 4.69) is 11.8 Å². The molecule has 1 aromatic rings. The monoisotopic (exact) mass is 261 g/mol. The summed E-state index contributed by atoms with van der Waals surface area (Å²) in [6.45, 7) is 7.33. The van der Waals surface area contributed by atoms with Gasteiger partial charge in [-0.3, -0.25) is 4.79 Å². The van der Waals surface area contributed by atoms with Crippen LogP contribution < -0.4 is 0 Å². The fraction of sp³-hybridized carbons (Fsp3) is 0.588. The number of carbonyl (C=O) groups is 1. The highest BCUT2D eigenvalue weighted by atomic mass is 16.1. The Morgan fingerprint density at radius 1 is 1.16 bits per heavy atom. The molecule has 1 heterocycles. The number of Topliss-reactive ketones (excluding diaryl/α,β-unsaturated/α-hetero) is 1. The van der Waals surface area contributed by atoms with Crippen LogP contribution in [0.2, 0.25) is 0 Å². The lowest BCUT2D eigenvalue weighted by Gasteiger charge is -2.28. The summed E-state index contributed by atoms with van der Waals surface area (Å²) in [5, 5.41) is 0. The molecule has 0 aliphatic carbocycles. The van der Waals surface area contributed by atoms with Gasteiger partial charge in [0.25, 0.3) is 0 Å². The lowest BCUT2D eigenvalue weighted by atomic mass is 9.97. The summed E-state index contributed by atoms with van der Waals surface area (Å²) in [4.78, 5) is 14.7. The highest BCUT2D eigenvalue weighted by Gasteiger charge is 2.19. The Balaban J connectivity index is 0.00000180. The van der Waals surface area contributed by atoms with Crippen molar-refractivity contribution in [2.24, 2.45) is 5.92 Å². The number of benzene rings is 1. The molecule has 0 amide bonds. The summed E-state index contributed by atoms with van der Waals surface area (Å²) in [5.41, 5.74) is 2.06. The molecule has 0 aromatic heterocycles. The van der Waals surface area contributed by atoms with Gasteiger partial charge in [-0.25, -0.2) is 0 Å². The Bertz CT molecular complexity index is 390. The molecule has 1 aliphatic heterocycles. The number of hydrogen-bond acceptors (Lipinski definition) is 2. The van der Waals surface area contributed by atoms with Gasteiger partial charge in [-0.1, -0.05) is 50.6 Å². The van der Waals surface area contributed by atoms with Gasteiger partial charge in [-0.05, 0) is 32.9 Å². The largest absolute Gasteiger partial charge is 0.303 e. The molecule has 0 saturated carbocycles. The molecule has 1 fully saturated rings. The normalized spacial score (nSPS) is 17.6.